The summed E-state index contributed by atoms with van der Waals surface area (Å²) in [4.78, 5) is 0. The van der Waals surface area contributed by atoms with Crippen LogP contribution >= 0.6 is 0 Å². The van der Waals surface area contributed by atoms with E-state index < -0.39 is 17.8 Å². The summed E-state index contributed by atoms with van der Waals surface area (Å²) < 4.78 is 42.5. The van der Waals surface area contributed by atoms with Gasteiger partial charge in [0, 0.05) is 13.0 Å². The highest BCUT2D eigenvalue weighted by Crippen LogP contribution is 2.33. The van der Waals surface area contributed by atoms with E-state index in [4.69, 9.17) is 4.74 Å². The quantitative estimate of drug-likeness (QED) is 0.772. The Hall–Kier alpha value is -1.07. The van der Waals surface area contributed by atoms with E-state index in [1.165, 1.54) is 6.07 Å². The normalized spacial score (nSPS) is 19.3. The zero-order valence-electron chi connectivity index (χ0n) is 10.4. The van der Waals surface area contributed by atoms with Crippen LogP contribution in [0.1, 0.15) is 43.1 Å². The molecule has 0 aromatic heterocycles. The summed E-state index contributed by atoms with van der Waals surface area (Å²) in [6.07, 6.45) is -4.68. The number of alkyl halides is 3. The van der Waals surface area contributed by atoms with Crippen molar-refractivity contribution in [2.24, 2.45) is 0 Å². The van der Waals surface area contributed by atoms with Gasteiger partial charge in [-0.15, -0.1) is 0 Å². The van der Waals surface area contributed by atoms with Gasteiger partial charge in [0.25, 0.3) is 0 Å². The van der Waals surface area contributed by atoms with Crippen molar-refractivity contribution in [1.29, 1.82) is 0 Å². The summed E-state index contributed by atoms with van der Waals surface area (Å²) >= 11 is 0. The lowest BCUT2D eigenvalue weighted by molar-refractivity contribution is -0.137. The number of ether oxygens (including phenoxy) is 1. The maximum absolute atomic E-state index is 12.5. The monoisotopic (exact) mass is 262 g/mol. The van der Waals surface area contributed by atoms with Crippen molar-refractivity contribution < 1.29 is 23.0 Å². The first-order valence-electron chi connectivity index (χ1n) is 5.94. The Bertz CT molecular complexity index is 388. The van der Waals surface area contributed by atoms with E-state index in [9.17, 15) is 18.3 Å². The number of hydrogen-bond acceptors (Lipinski definition) is 2. The number of aliphatic hydroxyl groups excluding tert-OH is 1. The average molecular weight is 262 g/mol. The molecule has 1 aliphatic rings. The molecule has 0 fully saturated rings. The maximum atomic E-state index is 12.5. The minimum atomic E-state index is -4.35. The van der Waals surface area contributed by atoms with E-state index in [1.54, 1.807) is 0 Å². The molecule has 1 N–H and O–H groups in total. The number of rotatable bonds is 0. The smallest absolute Gasteiger partial charge is 0.388 e. The molecule has 0 amide bonds. The van der Waals surface area contributed by atoms with E-state index in [2.05, 4.69) is 0 Å². The molecule has 2 nitrogen and oxygen atoms in total. The summed E-state index contributed by atoms with van der Waals surface area (Å²) in [7, 11) is 0. The fourth-order valence-corrected chi connectivity index (χ4v) is 1.76. The van der Waals surface area contributed by atoms with E-state index in [0.717, 1.165) is 12.1 Å². The third-order valence-electron chi connectivity index (χ3n) is 2.62. The van der Waals surface area contributed by atoms with Gasteiger partial charge in [-0.05, 0) is 23.3 Å². The molecule has 102 valence electrons. The molecule has 18 heavy (non-hydrogen) atoms. The highest BCUT2D eigenvalue weighted by Gasteiger charge is 2.31. The Balaban J connectivity index is 0.000000771. The van der Waals surface area contributed by atoms with Crippen LogP contribution in [-0.4, -0.2) is 11.7 Å². The van der Waals surface area contributed by atoms with Crippen molar-refractivity contribution in [1.82, 2.24) is 0 Å². The Morgan fingerprint density at radius 1 is 1.28 bits per heavy atom. The van der Waals surface area contributed by atoms with Gasteiger partial charge in [0.15, 0.2) is 0 Å². The molecule has 1 aromatic rings. The van der Waals surface area contributed by atoms with Crippen LogP contribution in [0.3, 0.4) is 0 Å². The topological polar surface area (TPSA) is 29.5 Å². The number of fused-ring (bicyclic) bond motifs is 1. The second-order valence-electron chi connectivity index (χ2n) is 3.77. The second kappa shape index (κ2) is 6.20. The Morgan fingerprint density at radius 3 is 2.56 bits per heavy atom. The molecule has 2 rings (SSSR count). The summed E-state index contributed by atoms with van der Waals surface area (Å²) in [5, 5.41) is 9.67. The molecule has 1 unspecified atom stereocenters. The predicted molar refractivity (Wildman–Crippen MR) is 62.0 cm³/mol. The minimum Gasteiger partial charge on any atom is -0.388 e. The van der Waals surface area contributed by atoms with Crippen LogP contribution in [0.5, 0.6) is 0 Å². The third kappa shape index (κ3) is 3.46. The van der Waals surface area contributed by atoms with Gasteiger partial charge >= 0.3 is 6.18 Å². The van der Waals surface area contributed by atoms with Gasteiger partial charge in [-0.1, -0.05) is 19.9 Å². The maximum Gasteiger partial charge on any atom is 0.416 e. The van der Waals surface area contributed by atoms with Crippen molar-refractivity contribution in [3.8, 4) is 0 Å². The van der Waals surface area contributed by atoms with Crippen LogP contribution < -0.4 is 0 Å². The lowest BCUT2D eigenvalue weighted by atomic mass is 9.99. The Labute approximate surface area is 104 Å². The van der Waals surface area contributed by atoms with Crippen molar-refractivity contribution >= 4 is 0 Å². The molecule has 1 aliphatic heterocycles. The number of halogens is 3. The fourth-order valence-electron chi connectivity index (χ4n) is 1.76. The van der Waals surface area contributed by atoms with Gasteiger partial charge in [-0.3, -0.25) is 0 Å². The Morgan fingerprint density at radius 2 is 1.94 bits per heavy atom. The molecule has 0 radical (unpaired) electrons. The molecule has 0 bridgehead atoms. The molecule has 0 aliphatic carbocycles. The zero-order valence-corrected chi connectivity index (χ0v) is 10.4. The summed E-state index contributed by atoms with van der Waals surface area (Å²) in [6, 6.07) is 3.37. The van der Waals surface area contributed by atoms with E-state index in [1.807, 2.05) is 13.8 Å². The molecule has 0 saturated heterocycles. The number of aliphatic hydroxyl groups is 1. The van der Waals surface area contributed by atoms with Crippen LogP contribution in [0.2, 0.25) is 0 Å². The lowest BCUT2D eigenvalue weighted by Crippen LogP contribution is -2.07. The van der Waals surface area contributed by atoms with E-state index in [0.29, 0.717) is 24.2 Å². The zero-order chi connectivity index (χ0) is 13.8. The van der Waals surface area contributed by atoms with E-state index >= 15 is 0 Å². The molecule has 1 aromatic carbocycles. The molecule has 0 saturated carbocycles. The highest BCUT2D eigenvalue weighted by molar-refractivity contribution is 5.35. The standard InChI is InChI=1S/C11H11F3O2.C2H6/c12-11(13,14)8-1-2-9-7(5-8)6-16-4-3-10(9)15;1-2/h1-2,5,10,15H,3-4,6H2;1-2H3. The summed E-state index contributed by atoms with van der Waals surface area (Å²) in [5.41, 5.74) is 0.245. The van der Waals surface area contributed by atoms with Crippen LogP contribution in [0.15, 0.2) is 18.2 Å². The summed E-state index contributed by atoms with van der Waals surface area (Å²) in [5.74, 6) is 0. The van der Waals surface area contributed by atoms with Crippen molar-refractivity contribution in [3.63, 3.8) is 0 Å². The largest absolute Gasteiger partial charge is 0.416 e. The van der Waals surface area contributed by atoms with Crippen LogP contribution in [0.25, 0.3) is 0 Å². The molecule has 1 atom stereocenters. The number of benzene rings is 1. The fraction of sp³-hybridized carbons (Fsp3) is 0.538. The van der Waals surface area contributed by atoms with Gasteiger partial charge in [0.1, 0.15) is 0 Å². The molecule has 0 spiro atoms. The van der Waals surface area contributed by atoms with Crippen LogP contribution in [0.4, 0.5) is 13.2 Å². The van der Waals surface area contributed by atoms with Gasteiger partial charge in [-0.2, -0.15) is 13.2 Å². The molecule has 5 heteroatoms. The average Bonchev–Trinajstić information content (AvgIpc) is 2.53. The van der Waals surface area contributed by atoms with Crippen molar-refractivity contribution in [2.75, 3.05) is 6.61 Å². The van der Waals surface area contributed by atoms with Gasteiger partial charge in [-0.25, -0.2) is 0 Å². The first-order valence-corrected chi connectivity index (χ1v) is 5.94. The first kappa shape index (κ1) is 15.0. The molecular formula is C13H17F3O2. The molecule has 1 heterocycles. The predicted octanol–water partition coefficient (Wildman–Crippen LogP) is 3.69. The van der Waals surface area contributed by atoms with Gasteiger partial charge in [0.2, 0.25) is 0 Å². The highest BCUT2D eigenvalue weighted by atomic mass is 19.4. The van der Waals surface area contributed by atoms with Crippen LogP contribution in [-0.2, 0) is 17.5 Å². The van der Waals surface area contributed by atoms with Crippen molar-refractivity contribution in [3.05, 3.63) is 34.9 Å². The summed E-state index contributed by atoms with van der Waals surface area (Å²) in [6.45, 7) is 4.48. The van der Waals surface area contributed by atoms with Crippen molar-refractivity contribution in [2.45, 2.75) is 39.2 Å². The Kier molecular flexibility index (Phi) is 5.16. The molecular weight excluding hydrogens is 245 g/mol. The first-order chi connectivity index (χ1) is 8.48. The number of hydrogen-bond donors (Lipinski definition) is 1. The van der Waals surface area contributed by atoms with E-state index in [-0.39, 0.29) is 6.61 Å². The van der Waals surface area contributed by atoms with Crippen LogP contribution in [0, 0.1) is 0 Å². The SMILES string of the molecule is CC.OC1CCOCc2cc(C(F)(F)F)ccc21. The second-order valence-corrected chi connectivity index (χ2v) is 3.77. The minimum absolute atomic E-state index is 0.121. The lowest BCUT2D eigenvalue weighted by Gasteiger charge is -2.13. The van der Waals surface area contributed by atoms with Gasteiger partial charge < -0.3 is 9.84 Å². The van der Waals surface area contributed by atoms with Gasteiger partial charge in [0.05, 0.1) is 18.3 Å². The third-order valence-corrected chi connectivity index (χ3v) is 2.62.